The van der Waals surface area contributed by atoms with E-state index in [1.165, 1.54) is 0 Å². The molecule has 88 valence electrons. The summed E-state index contributed by atoms with van der Waals surface area (Å²) in [5.41, 5.74) is 0.145. The van der Waals surface area contributed by atoms with Crippen molar-refractivity contribution in [3.8, 4) is 6.07 Å². The Morgan fingerprint density at radius 1 is 1.33 bits per heavy atom. The van der Waals surface area contributed by atoms with Crippen LogP contribution in [0.25, 0.3) is 0 Å². The Labute approximate surface area is 102 Å². The van der Waals surface area contributed by atoms with Crippen molar-refractivity contribution >= 4 is 11.7 Å². The highest BCUT2D eigenvalue weighted by Crippen LogP contribution is 2.10. The van der Waals surface area contributed by atoms with Gasteiger partial charge in [-0.3, -0.25) is 4.79 Å². The fraction of sp³-hybridized carbons (Fsp3) is 0. The number of nitriles is 1. The largest absolute Gasteiger partial charge is 0.304 e. The molecule has 1 amide bonds. The monoisotopic (exact) mass is 242 g/mol. The van der Waals surface area contributed by atoms with Crippen LogP contribution in [0.15, 0.2) is 36.5 Å². The minimum absolute atomic E-state index is 0.0623. The lowest BCUT2D eigenvalue weighted by Crippen LogP contribution is -2.14. The predicted octanol–water partition coefficient (Wildman–Crippen LogP) is 1.74. The fourth-order valence-electron chi connectivity index (χ4n) is 1.31. The normalized spacial score (nSPS) is 9.56. The minimum atomic E-state index is -0.871. The van der Waals surface area contributed by atoms with E-state index in [-0.39, 0.29) is 11.5 Å². The van der Waals surface area contributed by atoms with Gasteiger partial charge in [-0.05, 0) is 12.1 Å². The number of carbonyl (C=O) groups excluding carboxylic acids is 1. The molecule has 0 aliphatic rings. The van der Waals surface area contributed by atoms with Crippen molar-refractivity contribution in [1.82, 2.24) is 9.97 Å². The summed E-state index contributed by atoms with van der Waals surface area (Å²) in [4.78, 5) is 18.7. The third-order valence-corrected chi connectivity index (χ3v) is 2.12. The molecule has 0 aliphatic carbocycles. The second-order valence-electron chi connectivity index (χ2n) is 3.32. The van der Waals surface area contributed by atoms with E-state index >= 15 is 0 Å². The molecule has 5 nitrogen and oxygen atoms in total. The maximum Gasteiger partial charge on any atom is 0.256 e. The molecular weight excluding hydrogens is 235 g/mol. The van der Waals surface area contributed by atoms with Gasteiger partial charge in [-0.2, -0.15) is 9.65 Å². The van der Waals surface area contributed by atoms with E-state index in [4.69, 9.17) is 5.26 Å². The van der Waals surface area contributed by atoms with Gasteiger partial charge in [0.2, 0.25) is 5.95 Å². The lowest BCUT2D eigenvalue weighted by Gasteiger charge is -2.04. The van der Waals surface area contributed by atoms with E-state index in [1.54, 1.807) is 36.4 Å². The molecular formula is C12H7FN4O. The van der Waals surface area contributed by atoms with Gasteiger partial charge in [0.1, 0.15) is 6.07 Å². The summed E-state index contributed by atoms with van der Waals surface area (Å²) >= 11 is 0. The van der Waals surface area contributed by atoms with E-state index < -0.39 is 11.9 Å². The summed E-state index contributed by atoms with van der Waals surface area (Å²) in [6.07, 6.45) is 0.835. The van der Waals surface area contributed by atoms with E-state index in [1.807, 2.05) is 0 Å². The fourth-order valence-corrected chi connectivity index (χ4v) is 1.31. The van der Waals surface area contributed by atoms with Gasteiger partial charge >= 0.3 is 0 Å². The molecule has 2 rings (SSSR count). The number of carbonyl (C=O) groups is 1. The number of halogens is 1. The van der Waals surface area contributed by atoms with Crippen LogP contribution in [0.5, 0.6) is 0 Å². The van der Waals surface area contributed by atoms with Crippen LogP contribution in [0, 0.1) is 17.3 Å². The Kier molecular flexibility index (Phi) is 3.25. The van der Waals surface area contributed by atoms with Gasteiger partial charge in [-0.15, -0.1) is 0 Å². The van der Waals surface area contributed by atoms with Crippen LogP contribution in [-0.2, 0) is 0 Å². The number of nitrogens with one attached hydrogen (secondary N) is 1. The average molecular weight is 242 g/mol. The highest BCUT2D eigenvalue weighted by Gasteiger charge is 2.11. The number of anilines is 1. The van der Waals surface area contributed by atoms with Crippen LogP contribution < -0.4 is 5.32 Å². The van der Waals surface area contributed by atoms with Crippen molar-refractivity contribution in [3.05, 3.63) is 53.7 Å². The minimum Gasteiger partial charge on any atom is -0.304 e. The molecule has 0 aliphatic heterocycles. The molecule has 0 unspecified atom stereocenters. The highest BCUT2D eigenvalue weighted by atomic mass is 19.1. The molecule has 0 atom stereocenters. The Morgan fingerprint density at radius 3 is 2.72 bits per heavy atom. The first-order valence-corrected chi connectivity index (χ1v) is 5.00. The zero-order chi connectivity index (χ0) is 13.0. The van der Waals surface area contributed by atoms with E-state index in [2.05, 4.69) is 15.3 Å². The molecule has 0 radical (unpaired) electrons. The molecule has 1 heterocycles. The molecule has 2 aromatic rings. The van der Waals surface area contributed by atoms with Crippen LogP contribution in [0.4, 0.5) is 10.2 Å². The molecule has 1 N–H and O–H groups in total. The number of hydrogen-bond acceptors (Lipinski definition) is 4. The topological polar surface area (TPSA) is 78.7 Å². The number of nitrogens with zero attached hydrogens (tertiary/aromatic N) is 3. The summed E-state index contributed by atoms with van der Waals surface area (Å²) < 4.78 is 12.8. The standard InChI is InChI=1S/C12H7FN4O/c13-10-7-15-11(9(6-14)16-10)17-12(18)8-4-2-1-3-5-8/h1-5,7H,(H,15,17,18). The van der Waals surface area contributed by atoms with Gasteiger partial charge in [0.05, 0.1) is 6.20 Å². The Hall–Kier alpha value is -2.81. The molecule has 1 aromatic heterocycles. The summed E-state index contributed by atoms with van der Waals surface area (Å²) in [5.74, 6) is -1.37. The molecule has 0 saturated heterocycles. The smallest absolute Gasteiger partial charge is 0.256 e. The van der Waals surface area contributed by atoms with Crippen LogP contribution >= 0.6 is 0 Å². The third kappa shape index (κ3) is 2.47. The highest BCUT2D eigenvalue weighted by molar-refractivity contribution is 6.04. The van der Waals surface area contributed by atoms with Crippen molar-refractivity contribution in [2.45, 2.75) is 0 Å². The predicted molar refractivity (Wildman–Crippen MR) is 61.1 cm³/mol. The van der Waals surface area contributed by atoms with Crippen LogP contribution in [0.1, 0.15) is 16.1 Å². The summed E-state index contributed by atoms with van der Waals surface area (Å²) in [6, 6.07) is 10.1. The summed E-state index contributed by atoms with van der Waals surface area (Å²) in [7, 11) is 0. The van der Waals surface area contributed by atoms with Gasteiger partial charge in [0, 0.05) is 5.56 Å². The number of amides is 1. The average Bonchev–Trinajstić information content (AvgIpc) is 2.41. The van der Waals surface area contributed by atoms with Crippen molar-refractivity contribution < 1.29 is 9.18 Å². The molecule has 0 spiro atoms. The number of rotatable bonds is 2. The Balaban J connectivity index is 2.25. The second kappa shape index (κ2) is 5.01. The first-order valence-electron chi connectivity index (χ1n) is 5.00. The number of hydrogen-bond donors (Lipinski definition) is 1. The van der Waals surface area contributed by atoms with Crippen molar-refractivity contribution in [2.24, 2.45) is 0 Å². The van der Waals surface area contributed by atoms with Crippen LogP contribution in [-0.4, -0.2) is 15.9 Å². The maximum absolute atomic E-state index is 12.8. The van der Waals surface area contributed by atoms with Gasteiger partial charge in [0.25, 0.3) is 5.91 Å². The van der Waals surface area contributed by atoms with Crippen LogP contribution in [0.2, 0.25) is 0 Å². The molecule has 1 aromatic carbocycles. The Morgan fingerprint density at radius 2 is 2.06 bits per heavy atom. The zero-order valence-electron chi connectivity index (χ0n) is 9.09. The van der Waals surface area contributed by atoms with E-state index in [0.717, 1.165) is 6.20 Å². The van der Waals surface area contributed by atoms with Crippen molar-refractivity contribution in [3.63, 3.8) is 0 Å². The number of benzene rings is 1. The molecule has 18 heavy (non-hydrogen) atoms. The maximum atomic E-state index is 12.8. The molecule has 6 heteroatoms. The molecule has 0 bridgehead atoms. The first kappa shape index (κ1) is 11.7. The zero-order valence-corrected chi connectivity index (χ0v) is 9.09. The van der Waals surface area contributed by atoms with Crippen molar-refractivity contribution in [1.29, 1.82) is 5.26 Å². The SMILES string of the molecule is N#Cc1nc(F)cnc1NC(=O)c1ccccc1. The third-order valence-electron chi connectivity index (χ3n) is 2.12. The lowest BCUT2D eigenvalue weighted by atomic mass is 10.2. The second-order valence-corrected chi connectivity index (χ2v) is 3.32. The van der Waals surface area contributed by atoms with Crippen molar-refractivity contribution in [2.75, 3.05) is 5.32 Å². The lowest BCUT2D eigenvalue weighted by molar-refractivity contribution is 0.102. The van der Waals surface area contributed by atoms with Gasteiger partial charge < -0.3 is 5.32 Å². The summed E-state index contributed by atoms with van der Waals surface area (Å²) in [6.45, 7) is 0. The van der Waals surface area contributed by atoms with Gasteiger partial charge in [-0.1, -0.05) is 18.2 Å². The Bertz CT molecular complexity index is 622. The quantitative estimate of drug-likeness (QED) is 0.869. The van der Waals surface area contributed by atoms with E-state index in [9.17, 15) is 9.18 Å². The summed E-state index contributed by atoms with van der Waals surface area (Å²) in [5, 5.41) is 11.2. The molecule has 0 fully saturated rings. The van der Waals surface area contributed by atoms with Gasteiger partial charge in [-0.25, -0.2) is 9.97 Å². The van der Waals surface area contributed by atoms with E-state index in [0.29, 0.717) is 5.56 Å². The number of aromatic nitrogens is 2. The van der Waals surface area contributed by atoms with Crippen LogP contribution in [0.3, 0.4) is 0 Å². The first-order chi connectivity index (χ1) is 8.70. The van der Waals surface area contributed by atoms with Gasteiger partial charge in [0.15, 0.2) is 11.5 Å². The molecule has 0 saturated carbocycles.